The molecular formula is C18H25NO4S. The van der Waals surface area contributed by atoms with Crippen molar-refractivity contribution >= 4 is 10.0 Å². The lowest BCUT2D eigenvalue weighted by Crippen LogP contribution is -2.50. The summed E-state index contributed by atoms with van der Waals surface area (Å²) in [4.78, 5) is 0.363. The van der Waals surface area contributed by atoms with Gasteiger partial charge in [0.2, 0.25) is 10.0 Å². The van der Waals surface area contributed by atoms with E-state index >= 15 is 0 Å². The summed E-state index contributed by atoms with van der Waals surface area (Å²) in [5.74, 6) is 0.739. The van der Waals surface area contributed by atoms with Crippen molar-refractivity contribution < 1.29 is 17.9 Å². The molecule has 0 unspecified atom stereocenters. The fraction of sp³-hybridized carbons (Fsp3) is 0.667. The molecule has 5 nitrogen and oxygen atoms in total. The van der Waals surface area contributed by atoms with Gasteiger partial charge in [0.1, 0.15) is 0 Å². The second-order valence-corrected chi connectivity index (χ2v) is 9.29. The molecule has 3 aliphatic rings. The van der Waals surface area contributed by atoms with Crippen LogP contribution in [0.5, 0.6) is 0 Å². The van der Waals surface area contributed by atoms with Crippen molar-refractivity contribution in [2.45, 2.75) is 48.7 Å². The summed E-state index contributed by atoms with van der Waals surface area (Å²) in [6.07, 6.45) is 5.23. The molecule has 1 aromatic rings. The van der Waals surface area contributed by atoms with Crippen LogP contribution in [-0.2, 0) is 19.5 Å². The normalized spacial score (nSPS) is 31.6. The van der Waals surface area contributed by atoms with Gasteiger partial charge in [-0.25, -0.2) is 8.42 Å². The van der Waals surface area contributed by atoms with Crippen LogP contribution in [0.3, 0.4) is 0 Å². The van der Waals surface area contributed by atoms with Crippen LogP contribution in [-0.4, -0.2) is 50.7 Å². The highest BCUT2D eigenvalue weighted by molar-refractivity contribution is 7.89. The molecule has 1 aliphatic carbocycles. The lowest BCUT2D eigenvalue weighted by molar-refractivity contribution is -0.0357. The van der Waals surface area contributed by atoms with Crippen LogP contribution in [0.1, 0.15) is 32.1 Å². The molecule has 0 bridgehead atoms. The van der Waals surface area contributed by atoms with Crippen LogP contribution in [0.15, 0.2) is 35.2 Å². The fourth-order valence-corrected chi connectivity index (χ4v) is 5.33. The van der Waals surface area contributed by atoms with Crippen molar-refractivity contribution in [2.24, 2.45) is 5.92 Å². The Morgan fingerprint density at radius 2 is 2.04 bits per heavy atom. The Labute approximate surface area is 144 Å². The molecule has 0 N–H and O–H groups in total. The van der Waals surface area contributed by atoms with Gasteiger partial charge in [-0.15, -0.1) is 0 Å². The Hall–Kier alpha value is -0.950. The molecule has 4 rings (SSSR count). The van der Waals surface area contributed by atoms with Crippen molar-refractivity contribution in [3.05, 3.63) is 30.3 Å². The molecule has 2 atom stereocenters. The fourth-order valence-electron chi connectivity index (χ4n) is 3.75. The van der Waals surface area contributed by atoms with Gasteiger partial charge in [-0.2, -0.15) is 4.31 Å². The number of ether oxygens (including phenoxy) is 2. The van der Waals surface area contributed by atoms with Crippen LogP contribution >= 0.6 is 0 Å². The summed E-state index contributed by atoms with van der Waals surface area (Å²) in [5, 5.41) is 0. The van der Waals surface area contributed by atoms with Crippen molar-refractivity contribution in [2.75, 3.05) is 26.3 Å². The third-order valence-electron chi connectivity index (χ3n) is 5.33. The van der Waals surface area contributed by atoms with Crippen molar-refractivity contribution in [3.8, 4) is 0 Å². The average Bonchev–Trinajstić information content (AvgIpc) is 3.36. The van der Waals surface area contributed by atoms with E-state index in [1.54, 1.807) is 28.6 Å². The third-order valence-corrected chi connectivity index (χ3v) is 7.18. The second-order valence-electron chi connectivity index (χ2n) is 7.35. The SMILES string of the molecule is O=S(=O)(c1ccccc1)N1CCC[C@]2(C[C@H](OCC3CC3)CO2)C1. The van der Waals surface area contributed by atoms with Gasteiger partial charge in [-0.3, -0.25) is 0 Å². The molecule has 132 valence electrons. The van der Waals surface area contributed by atoms with E-state index < -0.39 is 10.0 Å². The monoisotopic (exact) mass is 351 g/mol. The van der Waals surface area contributed by atoms with E-state index in [-0.39, 0.29) is 11.7 Å². The maximum atomic E-state index is 12.9. The van der Waals surface area contributed by atoms with Gasteiger partial charge in [0.25, 0.3) is 0 Å². The summed E-state index contributed by atoms with van der Waals surface area (Å²) < 4.78 is 39.4. The van der Waals surface area contributed by atoms with E-state index in [4.69, 9.17) is 9.47 Å². The number of benzene rings is 1. The first-order valence-corrected chi connectivity index (χ1v) is 10.3. The molecule has 3 fully saturated rings. The van der Waals surface area contributed by atoms with Gasteiger partial charge in [-0.1, -0.05) is 18.2 Å². The highest BCUT2D eigenvalue weighted by Gasteiger charge is 2.46. The maximum Gasteiger partial charge on any atom is 0.243 e. The van der Waals surface area contributed by atoms with Crippen LogP contribution in [0.4, 0.5) is 0 Å². The first-order valence-electron chi connectivity index (χ1n) is 8.88. The predicted molar refractivity (Wildman–Crippen MR) is 90.2 cm³/mol. The molecule has 1 aromatic carbocycles. The summed E-state index contributed by atoms with van der Waals surface area (Å²) in [6, 6.07) is 8.68. The van der Waals surface area contributed by atoms with Crippen LogP contribution in [0.25, 0.3) is 0 Å². The Kier molecular flexibility index (Phi) is 4.41. The van der Waals surface area contributed by atoms with Gasteiger partial charge in [-0.05, 0) is 43.7 Å². The minimum Gasteiger partial charge on any atom is -0.375 e. The van der Waals surface area contributed by atoms with E-state index in [0.29, 0.717) is 24.6 Å². The largest absolute Gasteiger partial charge is 0.375 e. The number of piperidine rings is 1. The number of nitrogens with zero attached hydrogens (tertiary/aromatic N) is 1. The summed E-state index contributed by atoms with van der Waals surface area (Å²) in [7, 11) is -3.45. The molecule has 1 spiro atoms. The Morgan fingerprint density at radius 3 is 2.79 bits per heavy atom. The lowest BCUT2D eigenvalue weighted by Gasteiger charge is -2.38. The first-order chi connectivity index (χ1) is 11.6. The van der Waals surface area contributed by atoms with Crippen molar-refractivity contribution in [1.29, 1.82) is 0 Å². The molecule has 0 radical (unpaired) electrons. The van der Waals surface area contributed by atoms with Gasteiger partial charge in [0.05, 0.1) is 23.2 Å². The molecule has 2 saturated heterocycles. The number of sulfonamides is 1. The highest BCUT2D eigenvalue weighted by Crippen LogP contribution is 2.38. The Bertz CT molecular complexity index is 674. The number of hydrogen-bond acceptors (Lipinski definition) is 4. The average molecular weight is 351 g/mol. The van der Waals surface area contributed by atoms with Crippen molar-refractivity contribution in [3.63, 3.8) is 0 Å². The van der Waals surface area contributed by atoms with Crippen LogP contribution in [0.2, 0.25) is 0 Å². The quantitative estimate of drug-likeness (QED) is 0.817. The molecular weight excluding hydrogens is 326 g/mol. The lowest BCUT2D eigenvalue weighted by atomic mass is 9.90. The molecule has 6 heteroatoms. The molecule has 24 heavy (non-hydrogen) atoms. The van der Waals surface area contributed by atoms with E-state index in [1.807, 2.05) is 6.07 Å². The zero-order valence-corrected chi connectivity index (χ0v) is 14.7. The topological polar surface area (TPSA) is 55.8 Å². The summed E-state index contributed by atoms with van der Waals surface area (Å²) in [5.41, 5.74) is -0.367. The maximum absolute atomic E-state index is 12.9. The Morgan fingerprint density at radius 1 is 1.25 bits per heavy atom. The van der Waals surface area contributed by atoms with E-state index in [0.717, 1.165) is 31.8 Å². The number of rotatable bonds is 5. The van der Waals surface area contributed by atoms with E-state index in [2.05, 4.69) is 0 Å². The summed E-state index contributed by atoms with van der Waals surface area (Å²) in [6.45, 7) is 2.42. The zero-order chi connectivity index (χ0) is 16.6. The third kappa shape index (κ3) is 3.38. The number of hydrogen-bond donors (Lipinski definition) is 0. The smallest absolute Gasteiger partial charge is 0.243 e. The predicted octanol–water partition coefficient (Wildman–Crippen LogP) is 2.43. The summed E-state index contributed by atoms with van der Waals surface area (Å²) >= 11 is 0. The van der Waals surface area contributed by atoms with Crippen molar-refractivity contribution in [1.82, 2.24) is 4.31 Å². The van der Waals surface area contributed by atoms with Crippen LogP contribution < -0.4 is 0 Å². The minimum absolute atomic E-state index is 0.116. The van der Waals surface area contributed by atoms with E-state index in [9.17, 15) is 8.42 Å². The molecule has 0 amide bonds. The Balaban J connectivity index is 1.44. The van der Waals surface area contributed by atoms with Gasteiger partial charge < -0.3 is 9.47 Å². The van der Waals surface area contributed by atoms with Crippen LogP contribution in [0, 0.1) is 5.92 Å². The van der Waals surface area contributed by atoms with Gasteiger partial charge >= 0.3 is 0 Å². The van der Waals surface area contributed by atoms with E-state index in [1.165, 1.54) is 12.8 Å². The zero-order valence-electron chi connectivity index (χ0n) is 13.9. The first kappa shape index (κ1) is 16.5. The van der Waals surface area contributed by atoms with Gasteiger partial charge in [0, 0.05) is 26.1 Å². The second kappa shape index (κ2) is 6.41. The standard InChI is InChI=1S/C18H25NO4S/c20-24(21,17-5-2-1-3-6-17)19-10-4-9-18(14-19)11-16(13-23-18)22-12-15-7-8-15/h1-3,5-6,15-16H,4,7-14H2/t16-,18-/m0/s1. The minimum atomic E-state index is -3.45. The molecule has 2 aliphatic heterocycles. The highest BCUT2D eigenvalue weighted by atomic mass is 32.2. The van der Waals surface area contributed by atoms with Gasteiger partial charge in [0.15, 0.2) is 0 Å². The molecule has 0 aromatic heterocycles. The molecule has 1 saturated carbocycles. The molecule has 2 heterocycles.